The van der Waals surface area contributed by atoms with Gasteiger partial charge in [-0.15, -0.1) is 11.8 Å². The third-order valence-electron chi connectivity index (χ3n) is 12.3. The molecule has 4 aromatic rings. The van der Waals surface area contributed by atoms with Gasteiger partial charge in [0.1, 0.15) is 0 Å². The number of hydrogen-bond donors (Lipinski definition) is 2. The van der Waals surface area contributed by atoms with Crippen molar-refractivity contribution in [3.05, 3.63) is 119 Å². The molecule has 1 amide bonds. The first-order valence-corrected chi connectivity index (χ1v) is 26.5. The molecule has 14 heteroatoms. The molecule has 0 spiro atoms. The van der Waals surface area contributed by atoms with Gasteiger partial charge >= 0.3 is 0 Å². The Balaban J connectivity index is 0.978. The number of carbonyl (C=O) groups excluding carboxylic acids is 1. The van der Waals surface area contributed by atoms with Gasteiger partial charge in [0, 0.05) is 78.5 Å². The van der Waals surface area contributed by atoms with Crippen LogP contribution in [0.15, 0.2) is 117 Å². The number of hydrogen-bond acceptors (Lipinski definition) is 10. The molecular weight excluding hydrogens is 858 g/mol. The van der Waals surface area contributed by atoms with Crippen LogP contribution in [-0.4, -0.2) is 103 Å². The zero-order chi connectivity index (χ0) is 43.9. The van der Waals surface area contributed by atoms with E-state index in [-0.39, 0.29) is 26.8 Å². The van der Waals surface area contributed by atoms with Gasteiger partial charge in [0.05, 0.1) is 15.5 Å². The van der Waals surface area contributed by atoms with E-state index in [2.05, 4.69) is 62.9 Å². The summed E-state index contributed by atoms with van der Waals surface area (Å²) < 4.78 is 55.7. The third kappa shape index (κ3) is 12.4. The first-order valence-electron chi connectivity index (χ1n) is 21.7. The van der Waals surface area contributed by atoms with Crippen LogP contribution in [0.5, 0.6) is 0 Å². The fourth-order valence-electron chi connectivity index (χ4n) is 8.81. The smallest absolute Gasteiger partial charge is 0.264 e. The molecule has 1 aliphatic carbocycles. The average molecular weight is 919 g/mol. The number of benzene rings is 4. The zero-order valence-corrected chi connectivity index (χ0v) is 39.3. The van der Waals surface area contributed by atoms with Crippen molar-refractivity contribution in [2.24, 2.45) is 5.41 Å². The molecule has 0 saturated carbocycles. The number of piperidine rings is 1. The Morgan fingerprint density at radius 1 is 0.823 bits per heavy atom. The maximum Gasteiger partial charge on any atom is 0.264 e. The molecule has 2 saturated heterocycles. The van der Waals surface area contributed by atoms with Gasteiger partial charge in [-0.3, -0.25) is 9.69 Å². The van der Waals surface area contributed by atoms with Crippen LogP contribution >= 0.6 is 23.4 Å². The van der Waals surface area contributed by atoms with Crippen molar-refractivity contribution in [2.75, 3.05) is 74.6 Å². The van der Waals surface area contributed by atoms with Crippen LogP contribution in [0.25, 0.3) is 5.57 Å². The third-order valence-corrected chi connectivity index (χ3v) is 16.2. The lowest BCUT2D eigenvalue weighted by molar-refractivity contribution is 0.0981. The molecule has 3 aliphatic rings. The topological polar surface area (TPSA) is 119 Å². The van der Waals surface area contributed by atoms with Crippen LogP contribution in [0.4, 0.5) is 11.4 Å². The van der Waals surface area contributed by atoms with Gasteiger partial charge in [-0.2, -0.15) is 0 Å². The predicted molar refractivity (Wildman–Crippen MR) is 255 cm³/mol. The highest BCUT2D eigenvalue weighted by atomic mass is 35.5. The molecule has 4 aromatic carbocycles. The summed E-state index contributed by atoms with van der Waals surface area (Å²) in [6, 6.07) is 29.1. The van der Waals surface area contributed by atoms with E-state index >= 15 is 0 Å². The second-order valence-corrected chi connectivity index (χ2v) is 23.0. The summed E-state index contributed by atoms with van der Waals surface area (Å²) in [6.07, 6.45) is 8.74. The van der Waals surface area contributed by atoms with Crippen molar-refractivity contribution in [1.82, 2.24) is 14.5 Å². The average Bonchev–Trinajstić information content (AvgIpc) is 3.25. The van der Waals surface area contributed by atoms with E-state index in [9.17, 15) is 21.6 Å². The van der Waals surface area contributed by atoms with Crippen molar-refractivity contribution in [3.8, 4) is 0 Å². The van der Waals surface area contributed by atoms with Gasteiger partial charge in [0.25, 0.3) is 15.9 Å². The lowest BCUT2D eigenvalue weighted by Gasteiger charge is -2.39. The fraction of sp³-hybridized carbons (Fsp3) is 0.438. The molecule has 2 heterocycles. The number of sulfone groups is 1. The molecule has 0 radical (unpaired) electrons. The Morgan fingerprint density at radius 2 is 1.52 bits per heavy atom. The molecule has 2 N–H and O–H groups in total. The summed E-state index contributed by atoms with van der Waals surface area (Å²) in [5.41, 5.74) is 5.96. The second-order valence-electron chi connectivity index (χ2n) is 17.8. The van der Waals surface area contributed by atoms with Gasteiger partial charge in [0.15, 0.2) is 9.84 Å². The summed E-state index contributed by atoms with van der Waals surface area (Å²) in [4.78, 5) is 21.3. The summed E-state index contributed by atoms with van der Waals surface area (Å²) in [5.74, 6) is -0.101. The Hall–Kier alpha value is -3.85. The number of sulfonamides is 1. The van der Waals surface area contributed by atoms with Gasteiger partial charge in [-0.05, 0) is 135 Å². The highest BCUT2D eigenvalue weighted by Crippen LogP contribution is 2.43. The predicted octanol–water partition coefficient (Wildman–Crippen LogP) is 9.10. The van der Waals surface area contributed by atoms with E-state index in [4.69, 9.17) is 11.6 Å². The van der Waals surface area contributed by atoms with Crippen LogP contribution < -0.4 is 14.9 Å². The molecule has 2 fully saturated rings. The Morgan fingerprint density at radius 3 is 2.19 bits per heavy atom. The minimum Gasteiger partial charge on any atom is -0.380 e. The maximum absolute atomic E-state index is 13.6. The van der Waals surface area contributed by atoms with Crippen LogP contribution in [0, 0.1) is 5.41 Å². The Bertz CT molecular complexity index is 2410. The fourth-order valence-corrected chi connectivity index (χ4v) is 11.9. The van der Waals surface area contributed by atoms with E-state index in [0.29, 0.717) is 11.4 Å². The van der Waals surface area contributed by atoms with E-state index in [0.717, 1.165) is 106 Å². The van der Waals surface area contributed by atoms with E-state index < -0.39 is 25.8 Å². The first kappa shape index (κ1) is 46.2. The number of anilines is 2. The largest absolute Gasteiger partial charge is 0.380 e. The number of carbonyl (C=O) groups is 1. The second kappa shape index (κ2) is 20.3. The number of amides is 1. The number of halogens is 1. The number of thioether (sulfide) groups is 1. The molecule has 1 atom stereocenters. The van der Waals surface area contributed by atoms with Gasteiger partial charge in [0.2, 0.25) is 0 Å². The monoisotopic (exact) mass is 917 g/mol. The lowest BCUT2D eigenvalue weighted by Crippen LogP contribution is -2.47. The Kier molecular flexibility index (Phi) is 15.1. The summed E-state index contributed by atoms with van der Waals surface area (Å²) in [7, 11) is -8.28. The molecule has 332 valence electrons. The highest BCUT2D eigenvalue weighted by Gasteiger charge is 2.30. The molecular formula is C48H60ClN5O5S3. The van der Waals surface area contributed by atoms with E-state index in [1.165, 1.54) is 48.1 Å². The van der Waals surface area contributed by atoms with Gasteiger partial charge in [-0.25, -0.2) is 21.6 Å². The van der Waals surface area contributed by atoms with Crippen molar-refractivity contribution in [3.63, 3.8) is 0 Å². The maximum atomic E-state index is 13.6. The lowest BCUT2D eigenvalue weighted by atomic mass is 9.73. The quantitative estimate of drug-likeness (QED) is 0.105. The number of nitrogens with zero attached hydrogens (tertiary/aromatic N) is 3. The summed E-state index contributed by atoms with van der Waals surface area (Å²) in [6.45, 7) is 12.1. The number of likely N-dealkylation sites (tertiary alicyclic amines) is 1. The highest BCUT2D eigenvalue weighted by molar-refractivity contribution is 7.99. The molecule has 62 heavy (non-hydrogen) atoms. The zero-order valence-electron chi connectivity index (χ0n) is 36.1. The molecule has 7 rings (SSSR count). The Labute approximate surface area is 378 Å². The molecule has 10 nitrogen and oxygen atoms in total. The van der Waals surface area contributed by atoms with Gasteiger partial charge in [-0.1, -0.05) is 67.8 Å². The van der Waals surface area contributed by atoms with Crippen LogP contribution in [0.1, 0.15) is 74.7 Å². The van der Waals surface area contributed by atoms with Gasteiger partial charge < -0.3 is 15.1 Å². The van der Waals surface area contributed by atoms with Crippen molar-refractivity contribution in [1.29, 1.82) is 0 Å². The molecule has 0 bridgehead atoms. The summed E-state index contributed by atoms with van der Waals surface area (Å²) in [5, 5.41) is 4.20. The SMILES string of the molecule is CC1(C)CCC(c2ccc(Cl)cc2)=C(CN2CCN(c3ccc(C(=O)NS(=O)(=O)c4ccc(N[C@H](CCN5CCCCC5)CSc5ccccc5)c(S(C)(=O)=O)c4)cc3)CC2)C1. The molecule has 0 unspecified atom stereocenters. The number of allylic oxidation sites excluding steroid dienone is 1. The number of piperazine rings is 1. The standard InChI is InChI=1S/C48H60ClN5O5S3/c1-48(2)24-22-44(36-12-16-39(49)17-13-36)38(33-48)34-53-28-30-54(31-29-53)41-18-14-37(15-19-41)47(55)51-62(58,59)43-20-21-45(46(32-43)61(3,56)57)50-40(23-27-52-25-8-5-9-26-52)35-60-42-10-6-4-7-11-42/h4,6-7,10-21,32,40,50H,5,8-9,22-31,33-35H2,1-3H3,(H,51,55)/t40-/m1/s1. The molecule has 0 aromatic heterocycles. The molecule has 2 aliphatic heterocycles. The minimum absolute atomic E-state index is 0.0857. The summed E-state index contributed by atoms with van der Waals surface area (Å²) >= 11 is 7.90. The van der Waals surface area contributed by atoms with Crippen LogP contribution in [-0.2, 0) is 19.9 Å². The van der Waals surface area contributed by atoms with Crippen molar-refractivity contribution >= 4 is 66.1 Å². The number of rotatable bonds is 16. The van der Waals surface area contributed by atoms with Crippen molar-refractivity contribution < 1.29 is 21.6 Å². The minimum atomic E-state index is -4.41. The van der Waals surface area contributed by atoms with Crippen molar-refractivity contribution in [2.45, 2.75) is 79.5 Å². The number of nitrogens with one attached hydrogen (secondary N) is 2. The normalized spacial score (nSPS) is 18.4. The van der Waals surface area contributed by atoms with E-state index in [1.807, 2.05) is 42.5 Å². The van der Waals surface area contributed by atoms with E-state index in [1.54, 1.807) is 23.9 Å². The van der Waals surface area contributed by atoms with Crippen LogP contribution in [0.2, 0.25) is 5.02 Å². The first-order chi connectivity index (χ1) is 29.6. The van der Waals surface area contributed by atoms with Crippen LogP contribution in [0.3, 0.4) is 0 Å².